The Bertz CT molecular complexity index is 1170. The lowest BCUT2D eigenvalue weighted by Gasteiger charge is -2.35. The van der Waals surface area contributed by atoms with Gasteiger partial charge < -0.3 is 14.5 Å². The molecule has 2 amide bonds. The van der Waals surface area contributed by atoms with Gasteiger partial charge in [-0.25, -0.2) is 4.98 Å². The highest BCUT2D eigenvalue weighted by atomic mass is 16.5. The number of hydrogen-bond donors (Lipinski definition) is 0. The summed E-state index contributed by atoms with van der Waals surface area (Å²) in [6, 6.07) is 14.7. The van der Waals surface area contributed by atoms with E-state index in [-0.39, 0.29) is 23.9 Å². The molecule has 8 heteroatoms. The molecule has 1 saturated heterocycles. The smallest absolute Gasteiger partial charge is 0.269 e. The van der Waals surface area contributed by atoms with Crippen molar-refractivity contribution in [3.05, 3.63) is 70.6 Å². The number of carbonyl (C=O) groups excluding carboxylic acids is 2. The largest absolute Gasteiger partial charge is 0.497 e. The molecule has 0 aliphatic carbocycles. The molecule has 0 N–H and O–H groups in total. The van der Waals surface area contributed by atoms with Gasteiger partial charge in [0.25, 0.3) is 5.56 Å². The summed E-state index contributed by atoms with van der Waals surface area (Å²) in [5.41, 5.74) is 1.89. The van der Waals surface area contributed by atoms with Crippen LogP contribution in [0, 0.1) is 0 Å². The van der Waals surface area contributed by atoms with Gasteiger partial charge in [-0.05, 0) is 29.8 Å². The van der Waals surface area contributed by atoms with Gasteiger partial charge in [-0.2, -0.15) is 0 Å². The predicted octanol–water partition coefficient (Wildman–Crippen LogP) is 1.32. The lowest BCUT2D eigenvalue weighted by molar-refractivity contribution is -0.139. The number of piperazine rings is 1. The standard InChI is InChI=1S/C23H24N4O4/c1-31-18-6-4-5-17(13-18)14-21(28)25-9-11-26(12-10-25)23(30)16-27-20-8-3-2-7-19(20)24-15-22(27)29/h2-8,13,15H,9-12,14,16H2,1H3. The highest BCUT2D eigenvalue weighted by Crippen LogP contribution is 2.15. The number of aromatic nitrogens is 2. The minimum Gasteiger partial charge on any atom is -0.497 e. The number of carbonyl (C=O) groups is 2. The van der Waals surface area contributed by atoms with Crippen LogP contribution >= 0.6 is 0 Å². The SMILES string of the molecule is COc1cccc(CC(=O)N2CCN(C(=O)Cn3c(=O)cnc4ccccc43)CC2)c1. The Labute approximate surface area is 179 Å². The Morgan fingerprint density at radius 3 is 2.42 bits per heavy atom. The zero-order chi connectivity index (χ0) is 21.8. The molecule has 1 aliphatic heterocycles. The number of rotatable bonds is 5. The number of benzene rings is 2. The normalized spacial score (nSPS) is 14.0. The fourth-order valence-electron chi connectivity index (χ4n) is 3.79. The summed E-state index contributed by atoms with van der Waals surface area (Å²) in [5.74, 6) is 0.606. The van der Waals surface area contributed by atoms with Crippen molar-refractivity contribution in [3.63, 3.8) is 0 Å². The molecule has 160 valence electrons. The first-order valence-corrected chi connectivity index (χ1v) is 10.2. The first-order chi connectivity index (χ1) is 15.0. The maximum Gasteiger partial charge on any atom is 0.269 e. The van der Waals surface area contributed by atoms with Crippen LogP contribution in [0.1, 0.15) is 5.56 Å². The van der Waals surface area contributed by atoms with Crippen molar-refractivity contribution < 1.29 is 14.3 Å². The van der Waals surface area contributed by atoms with Gasteiger partial charge in [0.1, 0.15) is 12.3 Å². The summed E-state index contributed by atoms with van der Waals surface area (Å²) in [4.78, 5) is 45.4. The molecule has 0 bridgehead atoms. The molecular weight excluding hydrogens is 396 g/mol. The summed E-state index contributed by atoms with van der Waals surface area (Å²) < 4.78 is 6.66. The molecule has 2 heterocycles. The molecule has 0 saturated carbocycles. The second-order valence-corrected chi connectivity index (χ2v) is 7.46. The van der Waals surface area contributed by atoms with Crippen LogP contribution in [0.4, 0.5) is 0 Å². The Hall–Kier alpha value is -3.68. The molecule has 0 spiro atoms. The molecule has 0 radical (unpaired) electrons. The van der Waals surface area contributed by atoms with Crippen LogP contribution < -0.4 is 10.3 Å². The minimum atomic E-state index is -0.306. The third-order valence-electron chi connectivity index (χ3n) is 5.52. The Balaban J connectivity index is 1.37. The molecule has 0 atom stereocenters. The van der Waals surface area contributed by atoms with Crippen LogP contribution in [0.5, 0.6) is 5.75 Å². The molecule has 3 aromatic rings. The topological polar surface area (TPSA) is 84.7 Å². The maximum atomic E-state index is 12.8. The van der Waals surface area contributed by atoms with Crippen molar-refractivity contribution >= 4 is 22.8 Å². The van der Waals surface area contributed by atoms with Gasteiger partial charge in [0.05, 0.1) is 30.8 Å². The molecule has 1 aliphatic rings. The quantitative estimate of drug-likeness (QED) is 0.622. The van der Waals surface area contributed by atoms with E-state index in [1.54, 1.807) is 23.0 Å². The van der Waals surface area contributed by atoms with E-state index in [9.17, 15) is 14.4 Å². The van der Waals surface area contributed by atoms with Crippen molar-refractivity contribution in [2.75, 3.05) is 33.3 Å². The Kier molecular flexibility index (Phi) is 5.97. The Morgan fingerprint density at radius 2 is 1.68 bits per heavy atom. The molecule has 8 nitrogen and oxygen atoms in total. The molecule has 1 aromatic heterocycles. The minimum absolute atomic E-state index is 0.0247. The number of nitrogens with zero attached hydrogens (tertiary/aromatic N) is 4. The van der Waals surface area contributed by atoms with E-state index in [4.69, 9.17) is 4.74 Å². The molecule has 31 heavy (non-hydrogen) atoms. The number of ether oxygens (including phenoxy) is 1. The highest BCUT2D eigenvalue weighted by molar-refractivity contribution is 5.81. The monoisotopic (exact) mass is 420 g/mol. The second kappa shape index (κ2) is 8.99. The van der Waals surface area contributed by atoms with Crippen molar-refractivity contribution in [2.45, 2.75) is 13.0 Å². The van der Waals surface area contributed by atoms with Crippen LogP contribution in [0.15, 0.2) is 59.5 Å². The van der Waals surface area contributed by atoms with Crippen LogP contribution in [-0.2, 0) is 22.6 Å². The van der Waals surface area contributed by atoms with Crippen LogP contribution in [0.2, 0.25) is 0 Å². The van der Waals surface area contributed by atoms with Gasteiger partial charge in [-0.15, -0.1) is 0 Å². The van der Waals surface area contributed by atoms with Crippen molar-refractivity contribution in [3.8, 4) is 5.75 Å². The number of amides is 2. The molecule has 4 rings (SSSR count). The highest BCUT2D eigenvalue weighted by Gasteiger charge is 2.24. The summed E-state index contributed by atoms with van der Waals surface area (Å²) in [6.07, 6.45) is 1.54. The van der Waals surface area contributed by atoms with E-state index in [0.29, 0.717) is 43.6 Å². The Morgan fingerprint density at radius 1 is 0.968 bits per heavy atom. The van der Waals surface area contributed by atoms with Crippen LogP contribution in [0.25, 0.3) is 11.0 Å². The number of fused-ring (bicyclic) bond motifs is 1. The second-order valence-electron chi connectivity index (χ2n) is 7.46. The van der Waals surface area contributed by atoms with E-state index in [2.05, 4.69) is 4.98 Å². The zero-order valence-electron chi connectivity index (χ0n) is 17.4. The number of hydrogen-bond acceptors (Lipinski definition) is 5. The van der Waals surface area contributed by atoms with Gasteiger partial charge in [-0.3, -0.25) is 19.0 Å². The third kappa shape index (κ3) is 4.58. The van der Waals surface area contributed by atoms with Gasteiger partial charge in [0.15, 0.2) is 0 Å². The van der Waals surface area contributed by atoms with Crippen LogP contribution in [-0.4, -0.2) is 64.5 Å². The first-order valence-electron chi connectivity index (χ1n) is 10.2. The average Bonchev–Trinajstić information content (AvgIpc) is 2.81. The van der Waals surface area contributed by atoms with Gasteiger partial charge in [0.2, 0.25) is 11.8 Å². The molecule has 2 aromatic carbocycles. The predicted molar refractivity (Wildman–Crippen MR) is 116 cm³/mol. The van der Waals surface area contributed by atoms with Crippen LogP contribution in [0.3, 0.4) is 0 Å². The van der Waals surface area contributed by atoms with Crippen molar-refractivity contribution in [1.82, 2.24) is 19.4 Å². The lowest BCUT2D eigenvalue weighted by atomic mass is 10.1. The summed E-state index contributed by atoms with van der Waals surface area (Å²) in [7, 11) is 1.60. The summed E-state index contributed by atoms with van der Waals surface area (Å²) in [6.45, 7) is 1.79. The van der Waals surface area contributed by atoms with E-state index >= 15 is 0 Å². The molecule has 1 fully saturated rings. The fourth-order valence-corrected chi connectivity index (χ4v) is 3.79. The molecular formula is C23H24N4O4. The average molecular weight is 420 g/mol. The molecule has 0 unspecified atom stereocenters. The van der Waals surface area contributed by atoms with E-state index < -0.39 is 0 Å². The summed E-state index contributed by atoms with van der Waals surface area (Å²) >= 11 is 0. The number of para-hydroxylation sites is 2. The lowest BCUT2D eigenvalue weighted by Crippen LogP contribution is -2.52. The van der Waals surface area contributed by atoms with E-state index in [0.717, 1.165) is 11.3 Å². The van der Waals surface area contributed by atoms with E-state index in [1.807, 2.05) is 42.5 Å². The van der Waals surface area contributed by atoms with E-state index in [1.165, 1.54) is 10.8 Å². The third-order valence-corrected chi connectivity index (χ3v) is 5.52. The van der Waals surface area contributed by atoms with Crippen molar-refractivity contribution in [1.29, 1.82) is 0 Å². The maximum absolute atomic E-state index is 12.8. The van der Waals surface area contributed by atoms with Gasteiger partial charge in [0, 0.05) is 26.2 Å². The van der Waals surface area contributed by atoms with Gasteiger partial charge >= 0.3 is 0 Å². The first kappa shape index (κ1) is 20.6. The zero-order valence-corrected chi connectivity index (χ0v) is 17.4. The van der Waals surface area contributed by atoms with Crippen molar-refractivity contribution in [2.24, 2.45) is 0 Å². The summed E-state index contributed by atoms with van der Waals surface area (Å²) in [5, 5.41) is 0. The van der Waals surface area contributed by atoms with Gasteiger partial charge in [-0.1, -0.05) is 24.3 Å². The fraction of sp³-hybridized carbons (Fsp3) is 0.304. The number of methoxy groups -OCH3 is 1.